The number of aromatic nitrogens is 1. The van der Waals surface area contributed by atoms with E-state index >= 15 is 0 Å². The Balaban J connectivity index is 1.51. The van der Waals surface area contributed by atoms with Gasteiger partial charge in [-0.05, 0) is 50.2 Å². The normalized spacial score (nSPS) is 25.2. The van der Waals surface area contributed by atoms with E-state index in [1.807, 2.05) is 0 Å². The van der Waals surface area contributed by atoms with E-state index in [9.17, 15) is 0 Å². The minimum atomic E-state index is 0.306. The summed E-state index contributed by atoms with van der Waals surface area (Å²) in [4.78, 5) is 6.08. The first-order valence-electron chi connectivity index (χ1n) is 7.35. The maximum Gasteiger partial charge on any atom is 0.189 e. The second-order valence-electron chi connectivity index (χ2n) is 5.71. The lowest BCUT2D eigenvalue weighted by Crippen LogP contribution is -2.34. The van der Waals surface area contributed by atoms with Gasteiger partial charge >= 0.3 is 0 Å². The van der Waals surface area contributed by atoms with Crippen molar-refractivity contribution in [2.24, 2.45) is 5.92 Å². The molecule has 3 rings (SSSR count). The third-order valence-electron chi connectivity index (χ3n) is 3.92. The number of anilines is 1. The van der Waals surface area contributed by atoms with Crippen LogP contribution in [0.1, 0.15) is 36.8 Å². The van der Waals surface area contributed by atoms with Gasteiger partial charge in [0.1, 0.15) is 0 Å². The Morgan fingerprint density at radius 1 is 1.50 bits per heavy atom. The highest BCUT2D eigenvalue weighted by atomic mass is 32.1. The summed E-state index contributed by atoms with van der Waals surface area (Å²) >= 11 is 7.07. The Kier molecular flexibility index (Phi) is 4.53. The topological polar surface area (TPSA) is 46.2 Å². The summed E-state index contributed by atoms with van der Waals surface area (Å²) in [6.45, 7) is 3.97. The number of aryl methyl sites for hydroxylation is 1. The molecule has 1 saturated heterocycles. The van der Waals surface area contributed by atoms with Gasteiger partial charge in [-0.25, -0.2) is 4.98 Å². The summed E-state index contributed by atoms with van der Waals surface area (Å²) in [6, 6.07) is 0. The van der Waals surface area contributed by atoms with Crippen LogP contribution in [0.25, 0.3) is 0 Å². The molecule has 1 aromatic heterocycles. The van der Waals surface area contributed by atoms with Crippen LogP contribution in [0.2, 0.25) is 0 Å². The van der Waals surface area contributed by atoms with E-state index in [-0.39, 0.29) is 0 Å². The van der Waals surface area contributed by atoms with E-state index in [0.29, 0.717) is 11.2 Å². The Labute approximate surface area is 129 Å². The van der Waals surface area contributed by atoms with Gasteiger partial charge in [0.25, 0.3) is 0 Å². The zero-order chi connectivity index (χ0) is 13.9. The molecule has 110 valence electrons. The molecule has 1 fully saturated rings. The van der Waals surface area contributed by atoms with Gasteiger partial charge in [-0.2, -0.15) is 0 Å². The van der Waals surface area contributed by atoms with Crippen LogP contribution in [-0.4, -0.2) is 29.4 Å². The van der Waals surface area contributed by atoms with Gasteiger partial charge in [0.05, 0.1) is 11.8 Å². The van der Waals surface area contributed by atoms with E-state index in [4.69, 9.17) is 17.0 Å². The molecule has 1 aliphatic heterocycles. The minimum Gasteiger partial charge on any atom is -0.376 e. The van der Waals surface area contributed by atoms with Crippen LogP contribution in [0.4, 0.5) is 5.13 Å². The molecule has 6 heteroatoms. The van der Waals surface area contributed by atoms with Crippen LogP contribution in [0.5, 0.6) is 0 Å². The summed E-state index contributed by atoms with van der Waals surface area (Å²) in [5, 5.41) is 8.01. The quantitative estimate of drug-likeness (QED) is 0.841. The maximum absolute atomic E-state index is 5.57. The van der Waals surface area contributed by atoms with E-state index in [2.05, 4.69) is 22.5 Å². The molecule has 2 aliphatic rings. The van der Waals surface area contributed by atoms with Gasteiger partial charge in [-0.15, -0.1) is 11.3 Å². The van der Waals surface area contributed by atoms with Crippen LogP contribution >= 0.6 is 23.6 Å². The molecule has 0 amide bonds. The molecule has 2 heterocycles. The molecule has 2 atom stereocenters. The van der Waals surface area contributed by atoms with Crippen LogP contribution in [0.3, 0.4) is 0 Å². The highest BCUT2D eigenvalue weighted by Gasteiger charge is 2.20. The SMILES string of the molecule is C[C@H]1CCc2nc(NC(=S)NC[C@H]3CCCO3)sc2C1. The lowest BCUT2D eigenvalue weighted by atomic mass is 9.93. The molecule has 0 radical (unpaired) electrons. The molecule has 4 nitrogen and oxygen atoms in total. The highest BCUT2D eigenvalue weighted by molar-refractivity contribution is 7.80. The second kappa shape index (κ2) is 6.37. The van der Waals surface area contributed by atoms with E-state index in [0.717, 1.165) is 49.9 Å². The molecule has 0 spiro atoms. The highest BCUT2D eigenvalue weighted by Crippen LogP contribution is 2.31. The minimum absolute atomic E-state index is 0.306. The monoisotopic (exact) mass is 311 g/mol. The van der Waals surface area contributed by atoms with Crippen molar-refractivity contribution in [3.05, 3.63) is 10.6 Å². The average Bonchev–Trinajstić information content (AvgIpc) is 3.04. The van der Waals surface area contributed by atoms with Gasteiger partial charge in [0, 0.05) is 18.0 Å². The largest absolute Gasteiger partial charge is 0.376 e. The number of hydrogen-bond donors (Lipinski definition) is 2. The number of thiocarbonyl (C=S) groups is 1. The molecule has 2 N–H and O–H groups in total. The van der Waals surface area contributed by atoms with Crippen molar-refractivity contribution < 1.29 is 4.74 Å². The summed E-state index contributed by atoms with van der Waals surface area (Å²) in [5.41, 5.74) is 1.26. The lowest BCUT2D eigenvalue weighted by Gasteiger charge is -2.15. The van der Waals surface area contributed by atoms with Crippen LogP contribution in [0.15, 0.2) is 0 Å². The Morgan fingerprint density at radius 3 is 3.20 bits per heavy atom. The predicted molar refractivity (Wildman–Crippen MR) is 86.5 cm³/mol. The molecule has 0 unspecified atom stereocenters. The van der Waals surface area contributed by atoms with Gasteiger partial charge in [-0.3, -0.25) is 0 Å². The van der Waals surface area contributed by atoms with Gasteiger partial charge in [-0.1, -0.05) is 6.92 Å². The third-order valence-corrected chi connectivity index (χ3v) is 5.20. The molecule has 20 heavy (non-hydrogen) atoms. The van der Waals surface area contributed by atoms with Crippen molar-refractivity contribution in [3.8, 4) is 0 Å². The van der Waals surface area contributed by atoms with Crippen molar-refractivity contribution >= 4 is 33.8 Å². The van der Waals surface area contributed by atoms with Crippen molar-refractivity contribution in [1.82, 2.24) is 10.3 Å². The summed E-state index contributed by atoms with van der Waals surface area (Å²) in [6.07, 6.45) is 6.09. The number of rotatable bonds is 3. The standard InChI is InChI=1S/C14H21N3OS2/c1-9-4-5-11-12(7-9)20-14(16-11)17-13(19)15-8-10-3-2-6-18-10/h9-10H,2-8H2,1H3,(H2,15,16,17,19)/t9-,10+/m0/s1. The fourth-order valence-electron chi connectivity index (χ4n) is 2.75. The van der Waals surface area contributed by atoms with Crippen LogP contribution in [0, 0.1) is 5.92 Å². The fraction of sp³-hybridized carbons (Fsp3) is 0.714. The number of nitrogens with one attached hydrogen (secondary N) is 2. The molecular weight excluding hydrogens is 290 g/mol. The number of thiazole rings is 1. The Morgan fingerprint density at radius 2 is 2.40 bits per heavy atom. The van der Waals surface area contributed by atoms with Crippen molar-refractivity contribution in [2.75, 3.05) is 18.5 Å². The van der Waals surface area contributed by atoms with E-state index in [1.54, 1.807) is 11.3 Å². The first-order valence-corrected chi connectivity index (χ1v) is 8.58. The molecule has 0 aromatic carbocycles. The number of fused-ring (bicyclic) bond motifs is 1. The number of nitrogens with zero attached hydrogens (tertiary/aromatic N) is 1. The van der Waals surface area contributed by atoms with Gasteiger partial charge in [0.15, 0.2) is 10.2 Å². The first-order chi connectivity index (χ1) is 9.70. The molecule has 0 saturated carbocycles. The zero-order valence-corrected chi connectivity index (χ0v) is 13.4. The smallest absolute Gasteiger partial charge is 0.189 e. The van der Waals surface area contributed by atoms with Crippen LogP contribution in [-0.2, 0) is 17.6 Å². The number of ether oxygens (including phenoxy) is 1. The summed E-state index contributed by atoms with van der Waals surface area (Å²) in [7, 11) is 0. The average molecular weight is 311 g/mol. The maximum atomic E-state index is 5.57. The third kappa shape index (κ3) is 3.48. The number of hydrogen-bond acceptors (Lipinski definition) is 4. The van der Waals surface area contributed by atoms with E-state index in [1.165, 1.54) is 17.0 Å². The van der Waals surface area contributed by atoms with Gasteiger partial charge < -0.3 is 15.4 Å². The van der Waals surface area contributed by atoms with Crippen molar-refractivity contribution in [2.45, 2.75) is 45.1 Å². The van der Waals surface area contributed by atoms with Crippen molar-refractivity contribution in [1.29, 1.82) is 0 Å². The predicted octanol–water partition coefficient (Wildman–Crippen LogP) is 2.73. The fourth-order valence-corrected chi connectivity index (χ4v) is 4.17. The van der Waals surface area contributed by atoms with Crippen LogP contribution < -0.4 is 10.6 Å². The summed E-state index contributed by atoms with van der Waals surface area (Å²) in [5.74, 6) is 0.778. The Bertz CT molecular complexity index is 483. The second-order valence-corrected chi connectivity index (χ2v) is 7.20. The summed E-state index contributed by atoms with van der Waals surface area (Å²) < 4.78 is 5.57. The lowest BCUT2D eigenvalue weighted by molar-refractivity contribution is 0.114. The van der Waals surface area contributed by atoms with E-state index < -0.39 is 0 Å². The molecule has 1 aliphatic carbocycles. The zero-order valence-electron chi connectivity index (χ0n) is 11.8. The first kappa shape index (κ1) is 14.2. The molecule has 0 bridgehead atoms. The van der Waals surface area contributed by atoms with Gasteiger partial charge in [0.2, 0.25) is 0 Å². The Hall–Kier alpha value is -0.720. The molecular formula is C14H21N3OS2. The van der Waals surface area contributed by atoms with Crippen molar-refractivity contribution in [3.63, 3.8) is 0 Å². The molecule has 1 aromatic rings.